The van der Waals surface area contributed by atoms with Crippen molar-refractivity contribution in [3.8, 4) is 11.4 Å². The van der Waals surface area contributed by atoms with Gasteiger partial charge in [-0.15, -0.1) is 0 Å². The van der Waals surface area contributed by atoms with Gasteiger partial charge in [-0.2, -0.15) is 5.10 Å². The van der Waals surface area contributed by atoms with Crippen LogP contribution in [0.4, 0.5) is 0 Å². The molecule has 0 aliphatic rings. The van der Waals surface area contributed by atoms with Crippen LogP contribution in [0.3, 0.4) is 0 Å². The van der Waals surface area contributed by atoms with E-state index in [0.29, 0.717) is 10.7 Å². The van der Waals surface area contributed by atoms with Crippen molar-refractivity contribution in [1.29, 1.82) is 0 Å². The van der Waals surface area contributed by atoms with Crippen LogP contribution in [0.2, 0.25) is 0 Å². The summed E-state index contributed by atoms with van der Waals surface area (Å²) in [6.07, 6.45) is 0. The molecule has 5 heteroatoms. The van der Waals surface area contributed by atoms with Crippen LogP contribution in [0.15, 0.2) is 24.3 Å². The lowest BCUT2D eigenvalue weighted by Gasteiger charge is -2.11. The first kappa shape index (κ1) is 13.9. The third-order valence-corrected chi connectivity index (χ3v) is 4.11. The number of nitrogens with one attached hydrogen (secondary N) is 1. The van der Waals surface area contributed by atoms with E-state index in [2.05, 4.69) is 53.3 Å². The van der Waals surface area contributed by atoms with Gasteiger partial charge < -0.3 is 4.57 Å². The second-order valence-electron chi connectivity index (χ2n) is 5.65. The number of pyridine rings is 1. The van der Waals surface area contributed by atoms with Gasteiger partial charge in [-0.1, -0.05) is 19.9 Å². The molecule has 4 nitrogen and oxygen atoms in total. The molecule has 1 aromatic carbocycles. The topological polar surface area (TPSA) is 46.5 Å². The smallest absolute Gasteiger partial charge is 0.195 e. The zero-order chi connectivity index (χ0) is 15.1. The maximum absolute atomic E-state index is 5.23. The van der Waals surface area contributed by atoms with E-state index in [1.54, 1.807) is 0 Å². The summed E-state index contributed by atoms with van der Waals surface area (Å²) in [6.45, 7) is 6.39. The van der Waals surface area contributed by atoms with Gasteiger partial charge >= 0.3 is 0 Å². The number of benzene rings is 1. The van der Waals surface area contributed by atoms with Gasteiger partial charge in [0, 0.05) is 23.7 Å². The molecule has 0 saturated heterocycles. The fourth-order valence-corrected chi connectivity index (χ4v) is 2.64. The summed E-state index contributed by atoms with van der Waals surface area (Å²) in [7, 11) is 1.93. The number of hydrogen-bond donors (Lipinski definition) is 1. The van der Waals surface area contributed by atoms with E-state index >= 15 is 0 Å². The second-order valence-corrected chi connectivity index (χ2v) is 6.04. The third-order valence-electron chi connectivity index (χ3n) is 3.75. The predicted octanol–water partition coefficient (Wildman–Crippen LogP) is 4.12. The van der Waals surface area contributed by atoms with Gasteiger partial charge in [-0.25, -0.2) is 0 Å². The van der Waals surface area contributed by atoms with Crippen LogP contribution < -0.4 is 0 Å². The Labute approximate surface area is 128 Å². The highest BCUT2D eigenvalue weighted by Gasteiger charge is 2.13. The molecule has 0 fully saturated rings. The normalized spacial score (nSPS) is 11.5. The highest BCUT2D eigenvalue weighted by molar-refractivity contribution is 7.71. The van der Waals surface area contributed by atoms with E-state index in [4.69, 9.17) is 12.2 Å². The summed E-state index contributed by atoms with van der Waals surface area (Å²) in [6, 6.07) is 8.51. The monoisotopic (exact) mass is 298 g/mol. The van der Waals surface area contributed by atoms with Crippen molar-refractivity contribution in [2.45, 2.75) is 26.7 Å². The van der Waals surface area contributed by atoms with Gasteiger partial charge in [0.15, 0.2) is 10.6 Å². The van der Waals surface area contributed by atoms with Crippen LogP contribution in [0.25, 0.3) is 22.3 Å². The zero-order valence-corrected chi connectivity index (χ0v) is 13.5. The Kier molecular flexibility index (Phi) is 3.37. The van der Waals surface area contributed by atoms with Crippen LogP contribution in [0.5, 0.6) is 0 Å². The predicted molar refractivity (Wildman–Crippen MR) is 88.0 cm³/mol. The Bertz CT molecular complexity index is 874. The van der Waals surface area contributed by atoms with Gasteiger partial charge in [-0.3, -0.25) is 10.1 Å². The van der Waals surface area contributed by atoms with Crippen LogP contribution in [-0.2, 0) is 7.05 Å². The molecule has 0 atom stereocenters. The van der Waals surface area contributed by atoms with Crippen molar-refractivity contribution < 1.29 is 0 Å². The molecule has 0 radical (unpaired) electrons. The van der Waals surface area contributed by atoms with Crippen molar-refractivity contribution in [3.63, 3.8) is 0 Å². The molecule has 2 aromatic heterocycles. The Morgan fingerprint density at radius 1 is 1.24 bits per heavy atom. The molecule has 0 aliphatic carbocycles. The Morgan fingerprint density at radius 3 is 2.62 bits per heavy atom. The van der Waals surface area contributed by atoms with E-state index in [-0.39, 0.29) is 0 Å². The quantitative estimate of drug-likeness (QED) is 0.724. The number of rotatable bonds is 2. The highest BCUT2D eigenvalue weighted by atomic mass is 32.1. The van der Waals surface area contributed by atoms with Gasteiger partial charge in [0.05, 0.1) is 5.52 Å². The summed E-state index contributed by atoms with van der Waals surface area (Å²) < 4.78 is 2.51. The molecular formula is C16H18N4S. The summed E-state index contributed by atoms with van der Waals surface area (Å²) in [5, 5.41) is 8.34. The molecular weight excluding hydrogens is 280 g/mol. The van der Waals surface area contributed by atoms with Crippen molar-refractivity contribution in [3.05, 3.63) is 40.3 Å². The SMILES string of the molecule is Cc1cc(-c2n[nH]c(=S)n2C)c2cc(C(C)C)ccc2n1. The van der Waals surface area contributed by atoms with Crippen molar-refractivity contribution in [2.75, 3.05) is 0 Å². The molecule has 0 amide bonds. The zero-order valence-electron chi connectivity index (χ0n) is 12.6. The summed E-state index contributed by atoms with van der Waals surface area (Å²) in [5.41, 5.74) is 4.33. The Balaban J connectivity index is 2.37. The van der Waals surface area contributed by atoms with Crippen molar-refractivity contribution in [2.24, 2.45) is 7.05 Å². The third kappa shape index (κ3) is 2.38. The summed E-state index contributed by atoms with van der Waals surface area (Å²) in [4.78, 5) is 4.63. The van der Waals surface area contributed by atoms with E-state index in [0.717, 1.165) is 28.0 Å². The van der Waals surface area contributed by atoms with Gasteiger partial charge in [0.25, 0.3) is 0 Å². The molecule has 0 aliphatic heterocycles. The second kappa shape index (κ2) is 5.07. The van der Waals surface area contributed by atoms with Crippen LogP contribution in [0, 0.1) is 11.7 Å². The maximum Gasteiger partial charge on any atom is 0.195 e. The molecule has 2 heterocycles. The van der Waals surface area contributed by atoms with Crippen molar-refractivity contribution >= 4 is 23.1 Å². The van der Waals surface area contributed by atoms with Crippen molar-refractivity contribution in [1.82, 2.24) is 19.7 Å². The lowest BCUT2D eigenvalue weighted by atomic mass is 9.98. The summed E-state index contributed by atoms with van der Waals surface area (Å²) in [5.74, 6) is 1.32. The number of aromatic amines is 1. The first-order valence-corrected chi connectivity index (χ1v) is 7.41. The van der Waals surface area contributed by atoms with Gasteiger partial charge in [0.1, 0.15) is 0 Å². The molecule has 0 spiro atoms. The molecule has 0 saturated carbocycles. The Hall–Kier alpha value is -2.01. The minimum Gasteiger partial charge on any atom is -0.303 e. The van der Waals surface area contributed by atoms with Crippen LogP contribution in [0.1, 0.15) is 31.0 Å². The van der Waals surface area contributed by atoms with E-state index in [1.807, 2.05) is 18.5 Å². The number of H-pyrrole nitrogens is 1. The molecule has 21 heavy (non-hydrogen) atoms. The minimum atomic E-state index is 0.478. The average Bonchev–Trinajstić information content (AvgIpc) is 2.77. The maximum atomic E-state index is 5.23. The summed E-state index contributed by atoms with van der Waals surface area (Å²) >= 11 is 5.23. The van der Waals surface area contributed by atoms with E-state index in [1.165, 1.54) is 5.56 Å². The average molecular weight is 298 g/mol. The highest BCUT2D eigenvalue weighted by Crippen LogP contribution is 2.29. The molecule has 0 unspecified atom stereocenters. The van der Waals surface area contributed by atoms with Crippen LogP contribution >= 0.6 is 12.2 Å². The largest absolute Gasteiger partial charge is 0.303 e. The van der Waals surface area contributed by atoms with Gasteiger partial charge in [-0.05, 0) is 48.8 Å². The number of aryl methyl sites for hydroxylation is 1. The fraction of sp³-hybridized carbons (Fsp3) is 0.312. The molecule has 108 valence electrons. The van der Waals surface area contributed by atoms with Crippen LogP contribution in [-0.4, -0.2) is 19.7 Å². The lowest BCUT2D eigenvalue weighted by molar-refractivity contribution is 0.868. The minimum absolute atomic E-state index is 0.478. The molecule has 3 aromatic rings. The first-order valence-electron chi connectivity index (χ1n) is 7.00. The van der Waals surface area contributed by atoms with E-state index < -0.39 is 0 Å². The fourth-order valence-electron chi connectivity index (χ4n) is 2.51. The van der Waals surface area contributed by atoms with Gasteiger partial charge in [0.2, 0.25) is 0 Å². The molecule has 1 N–H and O–H groups in total. The first-order chi connectivity index (χ1) is 9.97. The number of fused-ring (bicyclic) bond motifs is 1. The number of hydrogen-bond acceptors (Lipinski definition) is 3. The Morgan fingerprint density at radius 2 is 2.00 bits per heavy atom. The number of aromatic nitrogens is 4. The molecule has 3 rings (SSSR count). The van der Waals surface area contributed by atoms with E-state index in [9.17, 15) is 0 Å². The standard InChI is InChI=1S/C16H18N4S/c1-9(2)11-5-6-14-12(8-11)13(7-10(3)17-14)15-18-19-16(21)20(15)4/h5-9H,1-4H3,(H,19,21). The number of nitrogens with zero attached hydrogens (tertiary/aromatic N) is 3. The lowest BCUT2D eigenvalue weighted by Crippen LogP contribution is -1.97. The molecule has 0 bridgehead atoms.